The van der Waals surface area contributed by atoms with Crippen molar-refractivity contribution >= 4 is 0 Å². The van der Waals surface area contributed by atoms with Crippen LogP contribution in [0.15, 0.2) is 0 Å². The summed E-state index contributed by atoms with van der Waals surface area (Å²) < 4.78 is 0. The van der Waals surface area contributed by atoms with E-state index in [2.05, 4.69) is 15.1 Å². The number of likely N-dealkylation sites (tertiary alicyclic amines) is 1. The number of aliphatic hydroxyl groups is 1. The third-order valence-electron chi connectivity index (χ3n) is 5.16. The molecule has 1 aliphatic carbocycles. The van der Waals surface area contributed by atoms with Gasteiger partial charge in [0.25, 0.3) is 0 Å². The summed E-state index contributed by atoms with van der Waals surface area (Å²) in [5.74, 6) is 1.70. The van der Waals surface area contributed by atoms with E-state index in [0.717, 1.165) is 24.7 Å². The second-order valence-corrected chi connectivity index (χ2v) is 6.79. The maximum Gasteiger partial charge on any atom is 0.0546 e. The van der Waals surface area contributed by atoms with Gasteiger partial charge in [0.2, 0.25) is 0 Å². The second kappa shape index (κ2) is 12.2. The summed E-state index contributed by atoms with van der Waals surface area (Å²) >= 11 is 0. The second-order valence-electron chi connectivity index (χ2n) is 6.79. The lowest BCUT2D eigenvalue weighted by Gasteiger charge is -2.40. The summed E-state index contributed by atoms with van der Waals surface area (Å²) in [7, 11) is 0. The van der Waals surface area contributed by atoms with Gasteiger partial charge in [0, 0.05) is 39.3 Å². The Kier molecular flexibility index (Phi) is 11.1. The highest BCUT2D eigenvalue weighted by atomic mass is 16.3. The third-order valence-corrected chi connectivity index (χ3v) is 5.16. The van der Waals surface area contributed by atoms with Crippen LogP contribution in [0.4, 0.5) is 0 Å². The highest BCUT2D eigenvalue weighted by Gasteiger charge is 2.30. The summed E-state index contributed by atoms with van der Waals surface area (Å²) in [5.41, 5.74) is 0. The lowest BCUT2D eigenvalue weighted by Crippen LogP contribution is -2.47. The van der Waals surface area contributed by atoms with Gasteiger partial charge in [0.1, 0.15) is 0 Å². The topological polar surface area (TPSA) is 38.7 Å². The van der Waals surface area contributed by atoms with Crippen molar-refractivity contribution in [2.45, 2.75) is 59.5 Å². The van der Waals surface area contributed by atoms with Crippen molar-refractivity contribution in [2.75, 3.05) is 52.4 Å². The highest BCUT2D eigenvalue weighted by Crippen LogP contribution is 2.29. The molecule has 2 N–H and O–H groups in total. The first-order valence-electron chi connectivity index (χ1n) is 10.1. The van der Waals surface area contributed by atoms with E-state index in [4.69, 9.17) is 0 Å². The molecule has 2 saturated heterocycles. The number of hydrogen-bond donors (Lipinski definition) is 2. The molecule has 2 aliphatic heterocycles. The van der Waals surface area contributed by atoms with Gasteiger partial charge in [-0.15, -0.1) is 0 Å². The van der Waals surface area contributed by atoms with Crippen molar-refractivity contribution in [1.29, 1.82) is 0 Å². The van der Waals surface area contributed by atoms with Gasteiger partial charge in [-0.3, -0.25) is 0 Å². The Morgan fingerprint density at radius 3 is 1.78 bits per heavy atom. The van der Waals surface area contributed by atoms with E-state index in [-0.39, 0.29) is 6.10 Å². The zero-order valence-electron chi connectivity index (χ0n) is 16.1. The minimum Gasteiger partial charge on any atom is -0.393 e. The molecule has 0 amide bonds. The van der Waals surface area contributed by atoms with Gasteiger partial charge in [-0.05, 0) is 50.6 Å². The summed E-state index contributed by atoms with van der Waals surface area (Å²) in [6.07, 6.45) is 4.84. The van der Waals surface area contributed by atoms with Gasteiger partial charge >= 0.3 is 0 Å². The van der Waals surface area contributed by atoms with E-state index in [1.807, 2.05) is 27.7 Å². The largest absolute Gasteiger partial charge is 0.393 e. The van der Waals surface area contributed by atoms with Crippen LogP contribution in [-0.4, -0.2) is 73.4 Å². The number of rotatable bonds is 4. The van der Waals surface area contributed by atoms with Crippen LogP contribution in [0.25, 0.3) is 0 Å². The van der Waals surface area contributed by atoms with Gasteiger partial charge in [-0.25, -0.2) is 0 Å². The molecule has 0 bridgehead atoms. The number of aliphatic hydroxyl groups excluding tert-OH is 1. The molecule has 3 fully saturated rings. The van der Waals surface area contributed by atoms with Crippen molar-refractivity contribution < 1.29 is 5.11 Å². The Morgan fingerprint density at radius 2 is 1.26 bits per heavy atom. The van der Waals surface area contributed by atoms with Crippen LogP contribution in [0, 0.1) is 11.8 Å². The van der Waals surface area contributed by atoms with Crippen LogP contribution in [0.3, 0.4) is 0 Å². The molecule has 4 nitrogen and oxygen atoms in total. The SMILES string of the molecule is CC.CC.OC1CC(CN2CCC(CN3CCNCC3)CC2)C1. The number of hydrogen-bond acceptors (Lipinski definition) is 4. The Morgan fingerprint density at radius 1 is 0.783 bits per heavy atom. The summed E-state index contributed by atoms with van der Waals surface area (Å²) in [4.78, 5) is 5.27. The minimum atomic E-state index is 0.00949. The molecule has 0 aromatic carbocycles. The Labute approximate surface area is 144 Å². The first kappa shape index (κ1) is 20.9. The van der Waals surface area contributed by atoms with Gasteiger partial charge in [0.15, 0.2) is 0 Å². The molecule has 3 aliphatic rings. The van der Waals surface area contributed by atoms with Crippen LogP contribution in [0.5, 0.6) is 0 Å². The normalized spacial score (nSPS) is 29.6. The van der Waals surface area contributed by atoms with E-state index in [1.54, 1.807) is 0 Å². The van der Waals surface area contributed by atoms with Crippen LogP contribution in [0.2, 0.25) is 0 Å². The molecule has 23 heavy (non-hydrogen) atoms. The van der Waals surface area contributed by atoms with Gasteiger partial charge in [-0.1, -0.05) is 27.7 Å². The lowest BCUT2D eigenvalue weighted by molar-refractivity contribution is 0.0170. The van der Waals surface area contributed by atoms with Crippen molar-refractivity contribution in [3.63, 3.8) is 0 Å². The van der Waals surface area contributed by atoms with Crippen LogP contribution >= 0.6 is 0 Å². The molecule has 0 spiro atoms. The summed E-state index contributed by atoms with van der Waals surface area (Å²) in [5, 5.41) is 12.8. The number of nitrogens with zero attached hydrogens (tertiary/aromatic N) is 2. The zero-order chi connectivity index (χ0) is 17.1. The number of piperidine rings is 1. The molecule has 3 rings (SSSR count). The van der Waals surface area contributed by atoms with Crippen LogP contribution < -0.4 is 5.32 Å². The van der Waals surface area contributed by atoms with Gasteiger partial charge in [-0.2, -0.15) is 0 Å². The molecule has 0 aromatic rings. The molecular weight excluding hydrogens is 286 g/mol. The molecule has 4 heteroatoms. The standard InChI is InChI=1S/C15H29N3O.2C2H6/c19-15-9-14(10-15)12-17-5-1-13(2-6-17)11-18-7-3-16-4-8-18;2*1-2/h13-16,19H,1-12H2;2*1-2H3. The number of piperazine rings is 1. The summed E-state index contributed by atoms with van der Waals surface area (Å²) in [6.45, 7) is 17.9. The smallest absolute Gasteiger partial charge is 0.0546 e. The fourth-order valence-corrected chi connectivity index (χ4v) is 3.83. The fraction of sp³-hybridized carbons (Fsp3) is 1.00. The monoisotopic (exact) mass is 327 g/mol. The summed E-state index contributed by atoms with van der Waals surface area (Å²) in [6, 6.07) is 0. The maximum absolute atomic E-state index is 9.34. The number of nitrogens with one attached hydrogen (secondary N) is 1. The van der Waals surface area contributed by atoms with E-state index in [0.29, 0.717) is 0 Å². The Bertz CT molecular complexity index is 268. The molecule has 0 aromatic heterocycles. The van der Waals surface area contributed by atoms with E-state index < -0.39 is 0 Å². The Hall–Kier alpha value is -0.160. The Balaban J connectivity index is 0.000000615. The van der Waals surface area contributed by atoms with Crippen molar-refractivity contribution in [2.24, 2.45) is 11.8 Å². The fourth-order valence-electron chi connectivity index (χ4n) is 3.83. The molecule has 138 valence electrons. The third kappa shape index (κ3) is 7.51. The van der Waals surface area contributed by atoms with Gasteiger partial charge in [0.05, 0.1) is 6.10 Å². The van der Waals surface area contributed by atoms with E-state index in [9.17, 15) is 5.11 Å². The van der Waals surface area contributed by atoms with E-state index in [1.165, 1.54) is 65.2 Å². The lowest BCUT2D eigenvalue weighted by atomic mass is 9.81. The van der Waals surface area contributed by atoms with Crippen molar-refractivity contribution in [3.05, 3.63) is 0 Å². The maximum atomic E-state index is 9.34. The first-order valence-corrected chi connectivity index (χ1v) is 10.1. The average molecular weight is 328 g/mol. The molecular formula is C19H41N3O. The highest BCUT2D eigenvalue weighted by molar-refractivity contribution is 4.84. The van der Waals surface area contributed by atoms with Crippen molar-refractivity contribution in [3.8, 4) is 0 Å². The van der Waals surface area contributed by atoms with Crippen molar-refractivity contribution in [1.82, 2.24) is 15.1 Å². The molecule has 1 saturated carbocycles. The molecule has 2 heterocycles. The molecule has 0 unspecified atom stereocenters. The van der Waals surface area contributed by atoms with Crippen LogP contribution in [-0.2, 0) is 0 Å². The minimum absolute atomic E-state index is 0.00949. The predicted octanol–water partition coefficient (Wildman–Crippen LogP) is 2.43. The predicted molar refractivity (Wildman–Crippen MR) is 99.9 cm³/mol. The van der Waals surface area contributed by atoms with Gasteiger partial charge < -0.3 is 20.2 Å². The zero-order valence-corrected chi connectivity index (χ0v) is 16.1. The average Bonchev–Trinajstić information content (AvgIpc) is 2.60. The van der Waals surface area contributed by atoms with Crippen LogP contribution in [0.1, 0.15) is 53.4 Å². The quantitative estimate of drug-likeness (QED) is 0.832. The molecule has 0 radical (unpaired) electrons. The van der Waals surface area contributed by atoms with E-state index >= 15 is 0 Å². The first-order chi connectivity index (χ1) is 11.3. The molecule has 0 atom stereocenters.